The summed E-state index contributed by atoms with van der Waals surface area (Å²) in [5, 5.41) is 10.9. The molecule has 11 heavy (non-hydrogen) atoms. The predicted octanol–water partition coefficient (Wildman–Crippen LogP) is 1.46. The van der Waals surface area contributed by atoms with Crippen molar-refractivity contribution in [3.05, 3.63) is 24.4 Å². The first-order valence-corrected chi connectivity index (χ1v) is 3.33. The average Bonchev–Trinajstić information content (AvgIpc) is 2.35. The van der Waals surface area contributed by atoms with E-state index in [-0.39, 0.29) is 5.88 Å². The van der Waals surface area contributed by atoms with E-state index in [1.165, 1.54) is 0 Å². The molecule has 0 saturated carbocycles. The Kier molecular flexibility index (Phi) is 1.06. The molecule has 0 aliphatic carbocycles. The zero-order valence-electron chi connectivity index (χ0n) is 5.83. The van der Waals surface area contributed by atoms with E-state index in [1.54, 1.807) is 12.3 Å². The quantitative estimate of drug-likeness (QED) is 0.495. The number of aromatic hydroxyl groups is 1. The van der Waals surface area contributed by atoms with Gasteiger partial charge in [0.25, 0.3) is 0 Å². The maximum absolute atomic E-state index is 9.22. The van der Waals surface area contributed by atoms with Gasteiger partial charge in [-0.3, -0.25) is 0 Å². The standard InChI is InChI=1S/C8H8N2O/c9-7-3-1-2-5-6(7)4-10-8(5)11/h1-4,10-11H,9H2. The first-order valence-electron chi connectivity index (χ1n) is 3.33. The number of nitrogens with one attached hydrogen (secondary N) is 1. The van der Waals surface area contributed by atoms with Crippen molar-refractivity contribution in [3.63, 3.8) is 0 Å². The van der Waals surface area contributed by atoms with Crippen LogP contribution in [-0.2, 0) is 0 Å². The first kappa shape index (κ1) is 6.09. The Morgan fingerprint density at radius 2 is 2.09 bits per heavy atom. The minimum absolute atomic E-state index is 0.173. The fraction of sp³-hybridized carbons (Fsp3) is 0. The van der Waals surface area contributed by atoms with Gasteiger partial charge in [0.15, 0.2) is 5.88 Å². The van der Waals surface area contributed by atoms with Crippen molar-refractivity contribution in [3.8, 4) is 5.88 Å². The molecule has 0 spiro atoms. The molecule has 2 aromatic rings. The normalized spacial score (nSPS) is 10.5. The van der Waals surface area contributed by atoms with E-state index in [1.807, 2.05) is 12.1 Å². The van der Waals surface area contributed by atoms with Crippen molar-refractivity contribution >= 4 is 16.5 Å². The van der Waals surface area contributed by atoms with E-state index in [2.05, 4.69) is 4.98 Å². The molecule has 0 saturated heterocycles. The number of aromatic nitrogens is 1. The largest absolute Gasteiger partial charge is 0.494 e. The van der Waals surface area contributed by atoms with Crippen molar-refractivity contribution in [2.45, 2.75) is 0 Å². The van der Waals surface area contributed by atoms with Crippen LogP contribution in [0.15, 0.2) is 24.4 Å². The molecule has 0 fully saturated rings. The van der Waals surface area contributed by atoms with E-state index in [0.717, 1.165) is 10.8 Å². The third kappa shape index (κ3) is 0.741. The molecule has 0 radical (unpaired) electrons. The Morgan fingerprint density at radius 3 is 2.82 bits per heavy atom. The first-order chi connectivity index (χ1) is 5.29. The van der Waals surface area contributed by atoms with Crippen LogP contribution in [0, 0.1) is 0 Å². The molecule has 4 N–H and O–H groups in total. The molecule has 56 valence electrons. The molecular formula is C8H8N2O. The van der Waals surface area contributed by atoms with Gasteiger partial charge in [0.1, 0.15) is 0 Å². The van der Waals surface area contributed by atoms with Crippen molar-refractivity contribution in [2.75, 3.05) is 5.73 Å². The van der Waals surface area contributed by atoms with Crippen LogP contribution in [0.1, 0.15) is 0 Å². The van der Waals surface area contributed by atoms with E-state index in [0.29, 0.717) is 5.69 Å². The second-order valence-electron chi connectivity index (χ2n) is 2.45. The summed E-state index contributed by atoms with van der Waals surface area (Å²) in [4.78, 5) is 2.69. The molecule has 0 aliphatic heterocycles. The Hall–Kier alpha value is -1.64. The van der Waals surface area contributed by atoms with Crippen molar-refractivity contribution in [2.24, 2.45) is 0 Å². The molecule has 1 aromatic carbocycles. The summed E-state index contributed by atoms with van der Waals surface area (Å²) < 4.78 is 0. The number of nitrogen functional groups attached to an aromatic ring is 1. The van der Waals surface area contributed by atoms with Gasteiger partial charge in [0.05, 0.1) is 0 Å². The molecule has 0 unspecified atom stereocenters. The number of aromatic amines is 1. The summed E-state index contributed by atoms with van der Waals surface area (Å²) in [7, 11) is 0. The summed E-state index contributed by atoms with van der Waals surface area (Å²) in [6.07, 6.45) is 1.69. The molecule has 0 amide bonds. The molecular weight excluding hydrogens is 140 g/mol. The van der Waals surface area contributed by atoms with Gasteiger partial charge in [-0.25, -0.2) is 0 Å². The van der Waals surface area contributed by atoms with E-state index >= 15 is 0 Å². The van der Waals surface area contributed by atoms with Crippen LogP contribution in [0.5, 0.6) is 5.88 Å². The van der Waals surface area contributed by atoms with Crippen LogP contribution in [0.4, 0.5) is 5.69 Å². The van der Waals surface area contributed by atoms with Crippen molar-refractivity contribution in [1.29, 1.82) is 0 Å². The lowest BCUT2D eigenvalue weighted by Crippen LogP contribution is -1.82. The summed E-state index contributed by atoms with van der Waals surface area (Å²) in [6.45, 7) is 0. The maximum Gasteiger partial charge on any atom is 0.196 e. The van der Waals surface area contributed by atoms with Crippen molar-refractivity contribution < 1.29 is 5.11 Å². The van der Waals surface area contributed by atoms with Gasteiger partial charge >= 0.3 is 0 Å². The molecule has 1 heterocycles. The molecule has 0 atom stereocenters. The van der Waals surface area contributed by atoms with Gasteiger partial charge in [-0.05, 0) is 12.1 Å². The maximum atomic E-state index is 9.22. The molecule has 1 aromatic heterocycles. The fourth-order valence-corrected chi connectivity index (χ4v) is 1.17. The second kappa shape index (κ2) is 1.92. The highest BCUT2D eigenvalue weighted by molar-refractivity contribution is 5.96. The summed E-state index contributed by atoms with van der Waals surface area (Å²) in [5.74, 6) is 0.173. The Morgan fingerprint density at radius 1 is 1.27 bits per heavy atom. The van der Waals surface area contributed by atoms with Gasteiger partial charge < -0.3 is 15.8 Å². The summed E-state index contributed by atoms with van der Waals surface area (Å²) in [5.41, 5.74) is 6.32. The van der Waals surface area contributed by atoms with E-state index < -0.39 is 0 Å². The number of hydrogen-bond acceptors (Lipinski definition) is 2. The minimum Gasteiger partial charge on any atom is -0.494 e. The number of fused-ring (bicyclic) bond motifs is 1. The van der Waals surface area contributed by atoms with Crippen LogP contribution in [0.2, 0.25) is 0 Å². The monoisotopic (exact) mass is 148 g/mol. The van der Waals surface area contributed by atoms with Gasteiger partial charge in [-0.15, -0.1) is 0 Å². The van der Waals surface area contributed by atoms with Crippen LogP contribution >= 0.6 is 0 Å². The molecule has 0 aliphatic rings. The molecule has 3 nitrogen and oxygen atoms in total. The SMILES string of the molecule is Nc1cccc2c(O)[nH]cc12. The van der Waals surface area contributed by atoms with Crippen LogP contribution in [0.3, 0.4) is 0 Å². The number of H-pyrrole nitrogens is 1. The number of benzene rings is 1. The predicted molar refractivity (Wildman–Crippen MR) is 44.4 cm³/mol. The fourth-order valence-electron chi connectivity index (χ4n) is 1.17. The number of hydrogen-bond donors (Lipinski definition) is 3. The third-order valence-corrected chi connectivity index (χ3v) is 1.75. The van der Waals surface area contributed by atoms with Crippen LogP contribution in [0.25, 0.3) is 10.8 Å². The highest BCUT2D eigenvalue weighted by Crippen LogP contribution is 2.27. The van der Waals surface area contributed by atoms with E-state index in [4.69, 9.17) is 5.73 Å². The van der Waals surface area contributed by atoms with E-state index in [9.17, 15) is 5.11 Å². The van der Waals surface area contributed by atoms with Crippen LogP contribution < -0.4 is 5.73 Å². The van der Waals surface area contributed by atoms with Gasteiger partial charge in [0, 0.05) is 22.7 Å². The lowest BCUT2D eigenvalue weighted by Gasteiger charge is -1.93. The molecule has 2 rings (SSSR count). The topological polar surface area (TPSA) is 62.0 Å². The average molecular weight is 148 g/mol. The number of rotatable bonds is 0. The number of nitrogens with two attached hydrogens (primary N) is 1. The number of anilines is 1. The highest BCUT2D eigenvalue weighted by Gasteiger charge is 2.02. The zero-order chi connectivity index (χ0) is 7.84. The second-order valence-corrected chi connectivity index (χ2v) is 2.45. The smallest absolute Gasteiger partial charge is 0.196 e. The Balaban J connectivity index is 2.94. The molecule has 0 bridgehead atoms. The van der Waals surface area contributed by atoms with Gasteiger partial charge in [-0.1, -0.05) is 6.07 Å². The zero-order valence-corrected chi connectivity index (χ0v) is 5.83. The lowest BCUT2D eigenvalue weighted by molar-refractivity contribution is 0.462. The summed E-state index contributed by atoms with van der Waals surface area (Å²) in [6, 6.07) is 5.43. The Bertz CT molecular complexity index is 392. The minimum atomic E-state index is 0.173. The van der Waals surface area contributed by atoms with Crippen LogP contribution in [-0.4, -0.2) is 10.1 Å². The van der Waals surface area contributed by atoms with Gasteiger partial charge in [-0.2, -0.15) is 0 Å². The van der Waals surface area contributed by atoms with Gasteiger partial charge in [0.2, 0.25) is 0 Å². The highest BCUT2D eigenvalue weighted by atomic mass is 16.3. The lowest BCUT2D eigenvalue weighted by atomic mass is 10.2. The Labute approximate surface area is 63.5 Å². The summed E-state index contributed by atoms with van der Waals surface area (Å²) >= 11 is 0. The van der Waals surface area contributed by atoms with Crippen molar-refractivity contribution in [1.82, 2.24) is 4.98 Å². The third-order valence-electron chi connectivity index (χ3n) is 1.75. The molecule has 3 heteroatoms.